The van der Waals surface area contributed by atoms with Gasteiger partial charge >= 0.3 is 0 Å². The van der Waals surface area contributed by atoms with Crippen molar-refractivity contribution in [2.75, 3.05) is 14.2 Å². The molecule has 4 nitrogen and oxygen atoms in total. The number of benzene rings is 2. The van der Waals surface area contributed by atoms with Gasteiger partial charge in [0.25, 0.3) is 0 Å². The van der Waals surface area contributed by atoms with Crippen LogP contribution in [0, 0.1) is 0 Å². The van der Waals surface area contributed by atoms with Gasteiger partial charge in [0, 0.05) is 12.4 Å². The summed E-state index contributed by atoms with van der Waals surface area (Å²) in [5, 5.41) is 0. The molecule has 0 atom stereocenters. The molecule has 0 aliphatic rings. The average molecular weight is 449 g/mol. The molecule has 0 radical (unpaired) electrons. The van der Waals surface area contributed by atoms with Crippen molar-refractivity contribution in [3.05, 3.63) is 107 Å². The normalized spacial score (nSPS) is 11.9. The lowest BCUT2D eigenvalue weighted by atomic mass is 10.0. The Bertz CT molecular complexity index is 1220. The number of nitrogens with zero attached hydrogens (tertiary/aromatic N) is 2. The lowest BCUT2D eigenvalue weighted by Crippen LogP contribution is -1.91. The second kappa shape index (κ2) is 10.6. The average Bonchev–Trinajstić information content (AvgIpc) is 2.89. The molecule has 2 heterocycles. The number of hydrogen-bond acceptors (Lipinski definition) is 4. The highest BCUT2D eigenvalue weighted by Crippen LogP contribution is 2.26. The minimum absolute atomic E-state index is 0.846. The molecular weight excluding hydrogens is 420 g/mol. The van der Waals surface area contributed by atoms with Gasteiger partial charge in [-0.1, -0.05) is 36.4 Å². The van der Waals surface area contributed by atoms with Crippen LogP contribution in [0.2, 0.25) is 0 Å². The Morgan fingerprint density at radius 1 is 0.588 bits per heavy atom. The lowest BCUT2D eigenvalue weighted by Gasteiger charge is -2.08. The zero-order valence-electron chi connectivity index (χ0n) is 19.9. The van der Waals surface area contributed by atoms with E-state index in [4.69, 9.17) is 9.47 Å². The summed E-state index contributed by atoms with van der Waals surface area (Å²) in [5.41, 5.74) is 8.46. The molecule has 4 rings (SSSR count). The van der Waals surface area contributed by atoms with Crippen LogP contribution in [-0.4, -0.2) is 24.2 Å². The molecule has 0 unspecified atom stereocenters. The number of rotatable bonds is 7. The molecule has 0 saturated heterocycles. The third kappa shape index (κ3) is 5.59. The lowest BCUT2D eigenvalue weighted by molar-refractivity contribution is 0.414. The summed E-state index contributed by atoms with van der Waals surface area (Å²) in [6, 6.07) is 24.3. The summed E-state index contributed by atoms with van der Waals surface area (Å²) < 4.78 is 10.5. The molecular formula is C30H28N2O2. The summed E-state index contributed by atoms with van der Waals surface area (Å²) in [5.74, 6) is 1.70. The fourth-order valence-corrected chi connectivity index (χ4v) is 3.70. The maximum Gasteiger partial charge on any atom is 0.118 e. The number of ether oxygens (including phenoxy) is 2. The quantitative estimate of drug-likeness (QED) is 0.298. The van der Waals surface area contributed by atoms with Crippen molar-refractivity contribution < 1.29 is 9.47 Å². The van der Waals surface area contributed by atoms with Crippen LogP contribution < -0.4 is 9.47 Å². The van der Waals surface area contributed by atoms with E-state index in [0.717, 1.165) is 56.3 Å². The molecule has 0 N–H and O–H groups in total. The van der Waals surface area contributed by atoms with E-state index in [1.165, 1.54) is 0 Å². The number of methoxy groups -OCH3 is 2. The predicted octanol–water partition coefficient (Wildman–Crippen LogP) is 7.28. The Kier molecular flexibility index (Phi) is 7.19. The molecule has 0 amide bonds. The molecule has 0 saturated carbocycles. The highest BCUT2D eigenvalue weighted by molar-refractivity contribution is 5.83. The summed E-state index contributed by atoms with van der Waals surface area (Å²) in [7, 11) is 3.35. The summed E-state index contributed by atoms with van der Waals surface area (Å²) in [4.78, 5) is 9.17. The summed E-state index contributed by atoms with van der Waals surface area (Å²) in [6.45, 7) is 4.21. The van der Waals surface area contributed by atoms with Crippen LogP contribution in [0.5, 0.6) is 11.5 Å². The first-order valence-corrected chi connectivity index (χ1v) is 11.1. The molecule has 0 spiro atoms. The van der Waals surface area contributed by atoms with Gasteiger partial charge in [0.1, 0.15) is 11.5 Å². The van der Waals surface area contributed by atoms with Crippen molar-refractivity contribution in [2.24, 2.45) is 0 Å². The Balaban J connectivity index is 1.59. The van der Waals surface area contributed by atoms with E-state index in [-0.39, 0.29) is 0 Å². The van der Waals surface area contributed by atoms with Crippen molar-refractivity contribution in [1.82, 2.24) is 9.97 Å². The summed E-state index contributed by atoms with van der Waals surface area (Å²) in [6.07, 6.45) is 7.99. The molecule has 0 aliphatic heterocycles. The molecule has 2 aromatic carbocycles. The van der Waals surface area contributed by atoms with Crippen molar-refractivity contribution in [3.8, 4) is 22.9 Å². The molecule has 2 aromatic heterocycles. The Hall–Kier alpha value is -4.18. The van der Waals surface area contributed by atoms with E-state index < -0.39 is 0 Å². The summed E-state index contributed by atoms with van der Waals surface area (Å²) >= 11 is 0. The first kappa shape index (κ1) is 23.0. The van der Waals surface area contributed by atoms with Gasteiger partial charge in [-0.15, -0.1) is 0 Å². The molecule has 0 bridgehead atoms. The minimum atomic E-state index is 0.846. The smallest absolute Gasteiger partial charge is 0.118 e. The third-order valence-corrected chi connectivity index (χ3v) is 5.69. The fraction of sp³-hybridized carbons (Fsp3) is 0.133. The number of aromatic nitrogens is 2. The van der Waals surface area contributed by atoms with E-state index in [1.807, 2.05) is 73.1 Å². The van der Waals surface area contributed by atoms with Gasteiger partial charge in [0.2, 0.25) is 0 Å². The van der Waals surface area contributed by atoms with Crippen LogP contribution in [0.25, 0.3) is 34.7 Å². The van der Waals surface area contributed by atoms with E-state index in [1.54, 1.807) is 14.2 Å². The van der Waals surface area contributed by atoms with Crippen LogP contribution >= 0.6 is 0 Å². The minimum Gasteiger partial charge on any atom is -0.497 e. The fourth-order valence-electron chi connectivity index (χ4n) is 3.70. The first-order chi connectivity index (χ1) is 16.6. The van der Waals surface area contributed by atoms with Gasteiger partial charge < -0.3 is 9.47 Å². The number of pyridine rings is 2. The van der Waals surface area contributed by atoms with E-state index >= 15 is 0 Å². The molecule has 4 heteroatoms. The Morgan fingerprint density at radius 2 is 0.971 bits per heavy atom. The zero-order valence-corrected chi connectivity index (χ0v) is 19.9. The second-order valence-corrected chi connectivity index (χ2v) is 8.06. The Morgan fingerprint density at radius 3 is 1.32 bits per heavy atom. The van der Waals surface area contributed by atoms with Crippen molar-refractivity contribution in [2.45, 2.75) is 13.8 Å². The van der Waals surface area contributed by atoms with Gasteiger partial charge in [-0.2, -0.15) is 0 Å². The van der Waals surface area contributed by atoms with Crippen LogP contribution in [-0.2, 0) is 0 Å². The van der Waals surface area contributed by atoms with Gasteiger partial charge in [-0.25, -0.2) is 0 Å². The van der Waals surface area contributed by atoms with E-state index in [0.29, 0.717) is 0 Å². The van der Waals surface area contributed by atoms with E-state index in [9.17, 15) is 0 Å². The van der Waals surface area contributed by atoms with Crippen molar-refractivity contribution in [3.63, 3.8) is 0 Å². The van der Waals surface area contributed by atoms with E-state index in [2.05, 4.69) is 48.1 Å². The second-order valence-electron chi connectivity index (χ2n) is 8.06. The number of hydrogen-bond donors (Lipinski definition) is 0. The van der Waals surface area contributed by atoms with Gasteiger partial charge in [-0.05, 0) is 95.8 Å². The molecule has 34 heavy (non-hydrogen) atoms. The maximum atomic E-state index is 5.25. The number of allylic oxidation sites excluding steroid dienone is 2. The third-order valence-electron chi connectivity index (χ3n) is 5.69. The zero-order chi connectivity index (χ0) is 23.9. The largest absolute Gasteiger partial charge is 0.497 e. The topological polar surface area (TPSA) is 44.2 Å². The molecule has 4 aromatic rings. The van der Waals surface area contributed by atoms with Gasteiger partial charge in [0.15, 0.2) is 0 Å². The van der Waals surface area contributed by atoms with Gasteiger partial charge in [0.05, 0.1) is 25.6 Å². The molecule has 0 fully saturated rings. The van der Waals surface area contributed by atoms with Gasteiger partial charge in [-0.3, -0.25) is 9.97 Å². The maximum absolute atomic E-state index is 5.25. The van der Waals surface area contributed by atoms with Crippen LogP contribution in [0.3, 0.4) is 0 Å². The SMILES string of the molecule is COc1ccc(/C=C(\C)c2ccnc(-c3cc(/C(C)=C/c4ccc(OC)cc4)ccn3)c2)cc1. The molecule has 170 valence electrons. The standard InChI is InChI=1S/C30H28N2O2/c1-21(17-23-5-9-27(33-3)10-6-23)25-13-15-31-29(19-25)30-20-26(14-16-32-30)22(2)18-24-7-11-28(34-4)12-8-24/h5-20H,1-4H3/b21-17+,22-18+. The van der Waals surface area contributed by atoms with Crippen LogP contribution in [0.15, 0.2) is 85.2 Å². The highest BCUT2D eigenvalue weighted by Gasteiger charge is 2.07. The van der Waals surface area contributed by atoms with Crippen molar-refractivity contribution in [1.29, 1.82) is 0 Å². The van der Waals surface area contributed by atoms with Crippen LogP contribution in [0.1, 0.15) is 36.1 Å². The van der Waals surface area contributed by atoms with Crippen molar-refractivity contribution >= 4 is 23.3 Å². The molecule has 0 aliphatic carbocycles. The first-order valence-electron chi connectivity index (χ1n) is 11.1. The van der Waals surface area contributed by atoms with Crippen LogP contribution in [0.4, 0.5) is 0 Å². The monoisotopic (exact) mass is 448 g/mol. The Labute approximate surface area is 201 Å². The highest BCUT2D eigenvalue weighted by atomic mass is 16.5. The predicted molar refractivity (Wildman–Crippen MR) is 141 cm³/mol.